The minimum absolute atomic E-state index is 0.0174. The van der Waals surface area contributed by atoms with E-state index >= 15 is 0 Å². The molecule has 0 unspecified atom stereocenters. The normalized spacial score (nSPS) is 17.9. The first-order valence-electron chi connectivity index (χ1n) is 9.56. The number of aliphatic hydroxyl groups excluding tert-OH is 1. The number of rotatable bonds is 4. The Labute approximate surface area is 177 Å². The van der Waals surface area contributed by atoms with Crippen LogP contribution in [0.4, 0.5) is 8.78 Å². The zero-order chi connectivity index (χ0) is 22.1. The highest BCUT2D eigenvalue weighted by Crippen LogP contribution is 2.41. The lowest BCUT2D eigenvalue weighted by atomic mass is 9.94. The summed E-state index contributed by atoms with van der Waals surface area (Å²) in [5.41, 5.74) is 0.789. The number of aromatic nitrogens is 1. The predicted molar refractivity (Wildman–Crippen MR) is 110 cm³/mol. The first kappa shape index (κ1) is 20.4. The number of ketones is 1. The van der Waals surface area contributed by atoms with Crippen molar-refractivity contribution in [1.29, 1.82) is 0 Å². The monoisotopic (exact) mass is 420 g/mol. The molecular weight excluding hydrogens is 402 g/mol. The van der Waals surface area contributed by atoms with Crippen LogP contribution in [-0.2, 0) is 16.1 Å². The van der Waals surface area contributed by atoms with Gasteiger partial charge in [0.15, 0.2) is 0 Å². The summed E-state index contributed by atoms with van der Waals surface area (Å²) in [5.74, 6) is -3.61. The van der Waals surface area contributed by atoms with Gasteiger partial charge in [-0.25, -0.2) is 8.78 Å². The topological polar surface area (TPSA) is 70.5 Å². The summed E-state index contributed by atoms with van der Waals surface area (Å²) < 4.78 is 28.8. The lowest BCUT2D eigenvalue weighted by Crippen LogP contribution is -2.29. The number of benzene rings is 2. The first-order chi connectivity index (χ1) is 14.9. The van der Waals surface area contributed by atoms with Crippen LogP contribution in [0.3, 0.4) is 0 Å². The van der Waals surface area contributed by atoms with Crippen molar-refractivity contribution in [3.63, 3.8) is 0 Å². The lowest BCUT2D eigenvalue weighted by molar-refractivity contribution is -0.140. The van der Waals surface area contributed by atoms with E-state index in [1.807, 2.05) is 0 Å². The summed E-state index contributed by atoms with van der Waals surface area (Å²) in [4.78, 5) is 31.0. The number of nitrogens with zero attached hydrogens (tertiary/aromatic N) is 2. The summed E-state index contributed by atoms with van der Waals surface area (Å²) in [7, 11) is 0. The second kappa shape index (κ2) is 8.10. The van der Waals surface area contributed by atoms with Crippen LogP contribution in [-0.4, -0.2) is 26.7 Å². The van der Waals surface area contributed by atoms with Gasteiger partial charge in [0, 0.05) is 30.1 Å². The SMILES string of the molecule is Cc1ccc(C(O)=C2C(=O)C(=O)N(Cc3cccnc3)[C@@H]2c2ccccc2F)cc1F. The third kappa shape index (κ3) is 3.70. The van der Waals surface area contributed by atoms with Crippen molar-refractivity contribution >= 4 is 17.4 Å². The Morgan fingerprint density at radius 3 is 2.52 bits per heavy atom. The number of aryl methyl sites for hydroxylation is 1. The summed E-state index contributed by atoms with van der Waals surface area (Å²) in [6.45, 7) is 1.54. The quantitative estimate of drug-likeness (QED) is 0.388. The van der Waals surface area contributed by atoms with E-state index in [0.29, 0.717) is 11.1 Å². The van der Waals surface area contributed by atoms with Gasteiger partial charge >= 0.3 is 0 Å². The molecule has 1 atom stereocenters. The van der Waals surface area contributed by atoms with Crippen LogP contribution in [0, 0.1) is 18.6 Å². The Kier molecular flexibility index (Phi) is 5.33. The summed E-state index contributed by atoms with van der Waals surface area (Å²) in [5, 5.41) is 10.9. The molecule has 1 aliphatic heterocycles. The van der Waals surface area contributed by atoms with E-state index in [-0.39, 0.29) is 23.2 Å². The van der Waals surface area contributed by atoms with E-state index in [0.717, 1.165) is 6.07 Å². The first-order valence-corrected chi connectivity index (χ1v) is 9.56. The lowest BCUT2D eigenvalue weighted by Gasteiger charge is -2.25. The molecular formula is C24H18F2N2O3. The number of hydrogen-bond donors (Lipinski definition) is 1. The molecule has 31 heavy (non-hydrogen) atoms. The van der Waals surface area contributed by atoms with Gasteiger partial charge in [0.05, 0.1) is 11.6 Å². The fourth-order valence-electron chi connectivity index (χ4n) is 3.65. The molecule has 4 rings (SSSR count). The zero-order valence-corrected chi connectivity index (χ0v) is 16.5. The third-order valence-corrected chi connectivity index (χ3v) is 5.26. The standard InChI is InChI=1S/C24H18F2N2O3/c1-14-8-9-16(11-19(14)26)22(29)20-21(17-6-2-3-7-18(17)25)28(24(31)23(20)30)13-15-5-4-10-27-12-15/h2-12,21,29H,13H2,1H3/t21-/m1/s1. The van der Waals surface area contributed by atoms with Gasteiger partial charge in [0.2, 0.25) is 0 Å². The van der Waals surface area contributed by atoms with Crippen molar-refractivity contribution in [3.05, 3.63) is 106 Å². The molecule has 0 radical (unpaired) electrons. The number of amides is 1. The molecule has 7 heteroatoms. The maximum atomic E-state index is 14.7. The summed E-state index contributed by atoms with van der Waals surface area (Å²) in [6, 6.07) is 11.9. The van der Waals surface area contributed by atoms with Gasteiger partial charge in [0.1, 0.15) is 17.4 Å². The van der Waals surface area contributed by atoms with Crippen LogP contribution < -0.4 is 0 Å². The third-order valence-electron chi connectivity index (χ3n) is 5.26. The average Bonchev–Trinajstić information content (AvgIpc) is 3.01. The summed E-state index contributed by atoms with van der Waals surface area (Å²) >= 11 is 0. The van der Waals surface area contributed by atoms with Crippen molar-refractivity contribution in [2.45, 2.75) is 19.5 Å². The molecule has 0 saturated carbocycles. The molecule has 1 saturated heterocycles. The molecule has 2 aromatic carbocycles. The van der Waals surface area contributed by atoms with Crippen molar-refractivity contribution in [3.8, 4) is 0 Å². The Balaban J connectivity index is 1.90. The Hall–Kier alpha value is -3.87. The second-order valence-corrected chi connectivity index (χ2v) is 7.27. The van der Waals surface area contributed by atoms with Crippen LogP contribution in [0.25, 0.3) is 5.76 Å². The fourth-order valence-corrected chi connectivity index (χ4v) is 3.65. The number of aliphatic hydroxyl groups is 1. The highest BCUT2D eigenvalue weighted by atomic mass is 19.1. The fraction of sp³-hybridized carbons (Fsp3) is 0.125. The van der Waals surface area contributed by atoms with Crippen molar-refractivity contribution < 1.29 is 23.5 Å². The van der Waals surface area contributed by atoms with Crippen LogP contribution in [0.5, 0.6) is 0 Å². The maximum absolute atomic E-state index is 14.7. The minimum atomic E-state index is -1.18. The van der Waals surface area contributed by atoms with Gasteiger partial charge in [-0.2, -0.15) is 0 Å². The van der Waals surface area contributed by atoms with E-state index in [4.69, 9.17) is 0 Å². The molecule has 5 nitrogen and oxygen atoms in total. The van der Waals surface area contributed by atoms with E-state index in [2.05, 4.69) is 4.98 Å². The molecule has 0 aliphatic carbocycles. The van der Waals surface area contributed by atoms with Gasteiger partial charge in [-0.15, -0.1) is 0 Å². The smallest absolute Gasteiger partial charge is 0.295 e. The number of halogens is 2. The van der Waals surface area contributed by atoms with E-state index in [9.17, 15) is 23.5 Å². The summed E-state index contributed by atoms with van der Waals surface area (Å²) in [6.07, 6.45) is 3.10. The van der Waals surface area contributed by atoms with Gasteiger partial charge in [-0.05, 0) is 36.2 Å². The highest BCUT2D eigenvalue weighted by Gasteiger charge is 2.47. The second-order valence-electron chi connectivity index (χ2n) is 7.27. The molecule has 0 bridgehead atoms. The molecule has 1 aromatic heterocycles. The van der Waals surface area contributed by atoms with Gasteiger partial charge in [-0.3, -0.25) is 14.6 Å². The molecule has 1 fully saturated rings. The number of pyridine rings is 1. The van der Waals surface area contributed by atoms with Crippen LogP contribution in [0.2, 0.25) is 0 Å². The number of carbonyl (C=O) groups excluding carboxylic acids is 2. The Morgan fingerprint density at radius 2 is 1.84 bits per heavy atom. The molecule has 1 amide bonds. The van der Waals surface area contributed by atoms with Crippen LogP contribution in [0.1, 0.15) is 28.3 Å². The van der Waals surface area contributed by atoms with E-state index < -0.39 is 35.1 Å². The van der Waals surface area contributed by atoms with Gasteiger partial charge in [-0.1, -0.05) is 36.4 Å². The Morgan fingerprint density at radius 1 is 1.06 bits per heavy atom. The van der Waals surface area contributed by atoms with E-state index in [1.54, 1.807) is 31.3 Å². The number of carbonyl (C=O) groups is 2. The van der Waals surface area contributed by atoms with Crippen molar-refractivity contribution in [2.75, 3.05) is 0 Å². The molecule has 2 heterocycles. The number of likely N-dealkylation sites (tertiary alicyclic amines) is 1. The van der Waals surface area contributed by atoms with Crippen molar-refractivity contribution in [2.24, 2.45) is 0 Å². The minimum Gasteiger partial charge on any atom is -0.507 e. The maximum Gasteiger partial charge on any atom is 0.295 e. The Bertz CT molecular complexity index is 1210. The van der Waals surface area contributed by atoms with Crippen LogP contribution >= 0.6 is 0 Å². The molecule has 1 aliphatic rings. The molecule has 0 spiro atoms. The van der Waals surface area contributed by atoms with Crippen LogP contribution in [0.15, 0.2) is 72.6 Å². The molecule has 156 valence electrons. The molecule has 1 N–H and O–H groups in total. The largest absolute Gasteiger partial charge is 0.507 e. The zero-order valence-electron chi connectivity index (χ0n) is 16.5. The van der Waals surface area contributed by atoms with E-state index in [1.165, 1.54) is 41.4 Å². The molecule has 3 aromatic rings. The average molecular weight is 420 g/mol. The number of Topliss-reactive ketones (excluding diaryl/α,β-unsaturated/α-hetero) is 1. The highest BCUT2D eigenvalue weighted by molar-refractivity contribution is 6.46. The number of hydrogen-bond acceptors (Lipinski definition) is 4. The van der Waals surface area contributed by atoms with Gasteiger partial charge < -0.3 is 10.0 Å². The van der Waals surface area contributed by atoms with Crippen molar-refractivity contribution in [1.82, 2.24) is 9.88 Å². The predicted octanol–water partition coefficient (Wildman–Crippen LogP) is 4.29. The van der Waals surface area contributed by atoms with Gasteiger partial charge in [0.25, 0.3) is 11.7 Å².